The van der Waals surface area contributed by atoms with Gasteiger partial charge in [-0.15, -0.1) is 0 Å². The van der Waals surface area contributed by atoms with Crippen LogP contribution in [-0.2, 0) is 13.1 Å². The van der Waals surface area contributed by atoms with E-state index in [0.29, 0.717) is 5.82 Å². The second kappa shape index (κ2) is 6.87. The van der Waals surface area contributed by atoms with Gasteiger partial charge in [0.15, 0.2) is 0 Å². The molecule has 1 heterocycles. The zero-order chi connectivity index (χ0) is 13.5. The molecule has 0 saturated heterocycles. The third-order valence-corrected chi connectivity index (χ3v) is 3.04. The summed E-state index contributed by atoms with van der Waals surface area (Å²) < 4.78 is 0. The van der Waals surface area contributed by atoms with E-state index in [1.54, 1.807) is 0 Å². The van der Waals surface area contributed by atoms with Crippen molar-refractivity contribution in [1.29, 1.82) is 0 Å². The number of hydrogen-bond donors (Lipinski definition) is 2. The first-order chi connectivity index (χ1) is 9.31. The lowest BCUT2D eigenvalue weighted by Gasteiger charge is -2.20. The molecular formula is C15H20N4. The Labute approximate surface area is 114 Å². The fourth-order valence-corrected chi connectivity index (χ4v) is 2.00. The molecule has 0 atom stereocenters. The number of nitrogens with zero attached hydrogens (tertiary/aromatic N) is 2. The molecule has 0 aliphatic carbocycles. The summed E-state index contributed by atoms with van der Waals surface area (Å²) >= 11 is 0. The van der Waals surface area contributed by atoms with Crippen molar-refractivity contribution in [3.05, 3.63) is 59.8 Å². The number of nitrogens with two attached hydrogens (primary N) is 1. The van der Waals surface area contributed by atoms with Crippen LogP contribution in [0.5, 0.6) is 0 Å². The van der Waals surface area contributed by atoms with E-state index in [1.807, 2.05) is 24.3 Å². The Bertz CT molecular complexity index is 499. The van der Waals surface area contributed by atoms with Crippen LogP contribution in [0.25, 0.3) is 0 Å². The van der Waals surface area contributed by atoms with Gasteiger partial charge >= 0.3 is 0 Å². The number of pyridine rings is 1. The molecule has 2 rings (SSSR count). The van der Waals surface area contributed by atoms with E-state index in [1.165, 1.54) is 5.56 Å². The molecule has 0 bridgehead atoms. The second-order valence-corrected chi connectivity index (χ2v) is 4.45. The summed E-state index contributed by atoms with van der Waals surface area (Å²) in [5.41, 5.74) is 4.92. The number of nitrogen functional groups attached to an aromatic ring is 1. The highest BCUT2D eigenvalue weighted by atomic mass is 15.3. The Morgan fingerprint density at radius 2 is 1.84 bits per heavy atom. The minimum Gasteiger partial charge on any atom is -0.308 e. The molecule has 3 N–H and O–H groups in total. The quantitative estimate of drug-likeness (QED) is 0.615. The van der Waals surface area contributed by atoms with Gasteiger partial charge in [-0.2, -0.15) is 0 Å². The summed E-state index contributed by atoms with van der Waals surface area (Å²) in [6.45, 7) is 4.89. The molecule has 0 spiro atoms. The summed E-state index contributed by atoms with van der Waals surface area (Å²) in [6.07, 6.45) is 0. The maximum atomic E-state index is 5.38. The smallest absolute Gasteiger partial charge is 0.140 e. The van der Waals surface area contributed by atoms with Gasteiger partial charge < -0.3 is 5.43 Å². The normalized spacial score (nSPS) is 10.7. The van der Waals surface area contributed by atoms with E-state index in [0.717, 1.165) is 25.3 Å². The van der Waals surface area contributed by atoms with E-state index < -0.39 is 0 Å². The first-order valence-corrected chi connectivity index (χ1v) is 6.50. The van der Waals surface area contributed by atoms with E-state index in [9.17, 15) is 0 Å². The molecule has 19 heavy (non-hydrogen) atoms. The number of hydrogen-bond acceptors (Lipinski definition) is 4. The lowest BCUT2D eigenvalue weighted by molar-refractivity contribution is 0.268. The highest BCUT2D eigenvalue weighted by Gasteiger charge is 2.06. The number of hydrazine groups is 1. The molecule has 2 aromatic rings. The van der Waals surface area contributed by atoms with Crippen LogP contribution >= 0.6 is 0 Å². The van der Waals surface area contributed by atoms with E-state index in [-0.39, 0.29) is 0 Å². The van der Waals surface area contributed by atoms with Crippen LogP contribution in [0.1, 0.15) is 18.2 Å². The van der Waals surface area contributed by atoms with Crippen molar-refractivity contribution < 1.29 is 0 Å². The Morgan fingerprint density at radius 3 is 2.53 bits per heavy atom. The predicted molar refractivity (Wildman–Crippen MR) is 78.3 cm³/mol. The summed E-state index contributed by atoms with van der Waals surface area (Å²) in [5, 5.41) is 0. The van der Waals surface area contributed by atoms with Gasteiger partial charge in [-0.1, -0.05) is 43.3 Å². The molecule has 0 saturated carbocycles. The van der Waals surface area contributed by atoms with Crippen molar-refractivity contribution in [1.82, 2.24) is 9.88 Å². The molecule has 0 amide bonds. The fourth-order valence-electron chi connectivity index (χ4n) is 2.00. The van der Waals surface area contributed by atoms with Crippen LogP contribution in [-0.4, -0.2) is 16.4 Å². The molecule has 1 aromatic heterocycles. The highest BCUT2D eigenvalue weighted by molar-refractivity contribution is 5.33. The fraction of sp³-hybridized carbons (Fsp3) is 0.267. The standard InChI is InChI=1S/C15H20N4/c1-2-19(11-13-7-4-3-5-8-13)12-14-9-6-10-15(17-14)18-16/h3-10H,2,11-12,16H2,1H3,(H,17,18). The van der Waals surface area contributed by atoms with Gasteiger partial charge in [-0.3, -0.25) is 4.90 Å². The minimum absolute atomic E-state index is 0.702. The van der Waals surface area contributed by atoms with Crippen LogP contribution in [0, 0.1) is 0 Å². The third kappa shape index (κ3) is 4.05. The van der Waals surface area contributed by atoms with Gasteiger partial charge in [0.25, 0.3) is 0 Å². The van der Waals surface area contributed by atoms with E-state index in [2.05, 4.69) is 46.5 Å². The maximum absolute atomic E-state index is 5.38. The van der Waals surface area contributed by atoms with Crippen molar-refractivity contribution >= 4 is 5.82 Å². The number of anilines is 1. The Hall–Kier alpha value is -1.91. The molecule has 0 unspecified atom stereocenters. The average molecular weight is 256 g/mol. The topological polar surface area (TPSA) is 54.2 Å². The number of nitrogens with one attached hydrogen (secondary N) is 1. The van der Waals surface area contributed by atoms with Gasteiger partial charge in [0.05, 0.1) is 5.69 Å². The summed E-state index contributed by atoms with van der Waals surface area (Å²) in [5.74, 6) is 6.08. The predicted octanol–water partition coefficient (Wildman–Crippen LogP) is 2.39. The van der Waals surface area contributed by atoms with Crippen LogP contribution in [0.4, 0.5) is 5.82 Å². The zero-order valence-electron chi connectivity index (χ0n) is 11.2. The molecule has 0 radical (unpaired) electrons. The van der Waals surface area contributed by atoms with Crippen LogP contribution < -0.4 is 11.3 Å². The Balaban J connectivity index is 2.02. The molecule has 1 aromatic carbocycles. The van der Waals surface area contributed by atoms with Gasteiger partial charge in [0.2, 0.25) is 0 Å². The van der Waals surface area contributed by atoms with Gasteiger partial charge in [-0.25, -0.2) is 10.8 Å². The first kappa shape index (κ1) is 13.5. The van der Waals surface area contributed by atoms with Crippen molar-refractivity contribution in [2.45, 2.75) is 20.0 Å². The van der Waals surface area contributed by atoms with E-state index in [4.69, 9.17) is 5.84 Å². The van der Waals surface area contributed by atoms with Crippen LogP contribution in [0.2, 0.25) is 0 Å². The number of rotatable bonds is 6. The zero-order valence-corrected chi connectivity index (χ0v) is 11.2. The highest BCUT2D eigenvalue weighted by Crippen LogP contribution is 2.10. The first-order valence-electron chi connectivity index (χ1n) is 6.50. The van der Waals surface area contributed by atoms with Crippen molar-refractivity contribution in [2.75, 3.05) is 12.0 Å². The lowest BCUT2D eigenvalue weighted by atomic mass is 10.2. The minimum atomic E-state index is 0.702. The average Bonchev–Trinajstić information content (AvgIpc) is 2.48. The van der Waals surface area contributed by atoms with Gasteiger partial charge in [-0.05, 0) is 24.2 Å². The Kier molecular flexibility index (Phi) is 4.89. The number of aromatic nitrogens is 1. The molecular weight excluding hydrogens is 236 g/mol. The van der Waals surface area contributed by atoms with Crippen molar-refractivity contribution in [3.8, 4) is 0 Å². The molecule has 0 aliphatic rings. The summed E-state index contributed by atoms with van der Waals surface area (Å²) in [6, 6.07) is 16.3. The second-order valence-electron chi connectivity index (χ2n) is 4.45. The molecule has 0 aliphatic heterocycles. The molecule has 100 valence electrons. The van der Waals surface area contributed by atoms with Crippen LogP contribution in [0.3, 0.4) is 0 Å². The van der Waals surface area contributed by atoms with E-state index >= 15 is 0 Å². The maximum Gasteiger partial charge on any atom is 0.140 e. The molecule has 0 fully saturated rings. The van der Waals surface area contributed by atoms with Crippen LogP contribution in [0.15, 0.2) is 48.5 Å². The van der Waals surface area contributed by atoms with Gasteiger partial charge in [0, 0.05) is 13.1 Å². The summed E-state index contributed by atoms with van der Waals surface area (Å²) in [4.78, 5) is 6.79. The van der Waals surface area contributed by atoms with Crippen molar-refractivity contribution in [2.24, 2.45) is 5.84 Å². The Morgan fingerprint density at radius 1 is 1.05 bits per heavy atom. The molecule has 4 nitrogen and oxygen atoms in total. The lowest BCUT2D eigenvalue weighted by Crippen LogP contribution is -2.23. The van der Waals surface area contributed by atoms with Crippen molar-refractivity contribution in [3.63, 3.8) is 0 Å². The number of benzene rings is 1. The SMILES string of the molecule is CCN(Cc1ccccc1)Cc1cccc(NN)n1. The molecule has 4 heteroatoms. The van der Waals surface area contributed by atoms with Gasteiger partial charge in [0.1, 0.15) is 5.82 Å². The summed E-state index contributed by atoms with van der Waals surface area (Å²) in [7, 11) is 0. The monoisotopic (exact) mass is 256 g/mol. The third-order valence-electron chi connectivity index (χ3n) is 3.04. The largest absolute Gasteiger partial charge is 0.308 e.